The summed E-state index contributed by atoms with van der Waals surface area (Å²) in [5.41, 5.74) is 3.77. The highest BCUT2D eigenvalue weighted by Gasteiger charge is 2.28. The van der Waals surface area contributed by atoms with E-state index in [2.05, 4.69) is 10.4 Å². The standard InChI is InChI=1S/C21H23N5O2S/c1-12-18-16(11-17(13-5-6-13)23-19(18)26(4)24-12)20(27)22-14-7-9-15(10-8-14)29-21(28)25(2)3/h7-11,13H,5-6H2,1-4H3,(H,22,27). The first-order valence-electron chi connectivity index (χ1n) is 9.48. The molecule has 150 valence electrons. The molecule has 0 radical (unpaired) electrons. The van der Waals surface area contributed by atoms with Gasteiger partial charge in [-0.25, -0.2) is 4.98 Å². The molecule has 0 saturated heterocycles. The lowest BCUT2D eigenvalue weighted by molar-refractivity contribution is 0.102. The highest BCUT2D eigenvalue weighted by atomic mass is 32.2. The molecule has 2 heterocycles. The van der Waals surface area contributed by atoms with E-state index in [4.69, 9.17) is 4.98 Å². The zero-order valence-electron chi connectivity index (χ0n) is 16.9. The number of pyridine rings is 1. The lowest BCUT2D eigenvalue weighted by Gasteiger charge is -2.11. The Kier molecular flexibility index (Phi) is 5.04. The Labute approximate surface area is 173 Å². The Morgan fingerprint density at radius 1 is 1.21 bits per heavy atom. The summed E-state index contributed by atoms with van der Waals surface area (Å²) >= 11 is 1.15. The number of nitrogens with zero attached hydrogens (tertiary/aromatic N) is 4. The van der Waals surface area contributed by atoms with Crippen LogP contribution < -0.4 is 5.32 Å². The lowest BCUT2D eigenvalue weighted by atomic mass is 10.1. The molecule has 0 spiro atoms. The number of anilines is 1. The second-order valence-corrected chi connectivity index (χ2v) is 8.54. The van der Waals surface area contributed by atoms with E-state index in [0.717, 1.165) is 51.9 Å². The first kappa shape index (κ1) is 19.4. The van der Waals surface area contributed by atoms with Crippen LogP contribution in [0.5, 0.6) is 0 Å². The van der Waals surface area contributed by atoms with Crippen molar-refractivity contribution in [2.75, 3.05) is 19.4 Å². The molecule has 29 heavy (non-hydrogen) atoms. The van der Waals surface area contributed by atoms with E-state index >= 15 is 0 Å². The number of hydrogen-bond donors (Lipinski definition) is 1. The minimum atomic E-state index is -0.180. The third kappa shape index (κ3) is 3.98. The van der Waals surface area contributed by atoms with Crippen LogP contribution in [0, 0.1) is 6.92 Å². The van der Waals surface area contributed by atoms with Gasteiger partial charge in [0.1, 0.15) is 0 Å². The van der Waals surface area contributed by atoms with Gasteiger partial charge in [-0.3, -0.25) is 14.3 Å². The third-order valence-corrected chi connectivity index (χ3v) is 5.96. The van der Waals surface area contributed by atoms with E-state index in [1.165, 1.54) is 4.90 Å². The van der Waals surface area contributed by atoms with Crippen molar-refractivity contribution in [1.82, 2.24) is 19.7 Å². The third-order valence-electron chi connectivity index (χ3n) is 4.91. The molecule has 4 rings (SSSR count). The number of benzene rings is 1. The highest BCUT2D eigenvalue weighted by molar-refractivity contribution is 8.13. The van der Waals surface area contributed by atoms with Gasteiger partial charge in [0.05, 0.1) is 16.6 Å². The summed E-state index contributed by atoms with van der Waals surface area (Å²) in [5.74, 6) is 0.256. The summed E-state index contributed by atoms with van der Waals surface area (Å²) in [6.45, 7) is 1.89. The summed E-state index contributed by atoms with van der Waals surface area (Å²) in [7, 11) is 5.29. The molecule has 1 aliphatic rings. The van der Waals surface area contributed by atoms with Gasteiger partial charge in [-0.2, -0.15) is 5.10 Å². The Morgan fingerprint density at radius 3 is 2.52 bits per heavy atom. The van der Waals surface area contributed by atoms with Crippen molar-refractivity contribution >= 4 is 39.6 Å². The number of nitrogens with one attached hydrogen (secondary N) is 1. The zero-order valence-corrected chi connectivity index (χ0v) is 17.7. The van der Waals surface area contributed by atoms with Crippen LogP contribution in [0.2, 0.25) is 0 Å². The van der Waals surface area contributed by atoms with E-state index in [9.17, 15) is 9.59 Å². The van der Waals surface area contributed by atoms with Crippen LogP contribution in [0.25, 0.3) is 11.0 Å². The fraction of sp³-hybridized carbons (Fsp3) is 0.333. The molecule has 2 amide bonds. The number of hydrogen-bond acceptors (Lipinski definition) is 5. The monoisotopic (exact) mass is 409 g/mol. The Balaban J connectivity index is 1.60. The van der Waals surface area contributed by atoms with Crippen LogP contribution in [0.4, 0.5) is 10.5 Å². The predicted octanol–water partition coefficient (Wildman–Crippen LogP) is 4.18. The molecule has 0 unspecified atom stereocenters. The first-order chi connectivity index (χ1) is 13.8. The molecule has 0 atom stereocenters. The maximum absolute atomic E-state index is 13.1. The average Bonchev–Trinajstić information content (AvgIpc) is 3.49. The number of rotatable bonds is 4. The predicted molar refractivity (Wildman–Crippen MR) is 115 cm³/mol. The van der Waals surface area contributed by atoms with Crippen LogP contribution in [-0.2, 0) is 7.05 Å². The molecule has 1 saturated carbocycles. The summed E-state index contributed by atoms with van der Waals surface area (Å²) in [4.78, 5) is 32.0. The quantitative estimate of drug-likeness (QED) is 0.654. The Morgan fingerprint density at radius 2 is 1.90 bits per heavy atom. The van der Waals surface area contributed by atoms with Crippen molar-refractivity contribution in [3.05, 3.63) is 47.3 Å². The van der Waals surface area contributed by atoms with Crippen LogP contribution in [-0.4, -0.2) is 44.9 Å². The van der Waals surface area contributed by atoms with E-state index in [1.54, 1.807) is 30.9 Å². The van der Waals surface area contributed by atoms with Crippen molar-refractivity contribution in [2.45, 2.75) is 30.6 Å². The van der Waals surface area contributed by atoms with Crippen LogP contribution in [0.3, 0.4) is 0 Å². The molecule has 1 fully saturated rings. The SMILES string of the molecule is Cc1nn(C)c2nc(C3CC3)cc(C(=O)Nc3ccc(SC(=O)N(C)C)cc3)c12. The smallest absolute Gasteiger partial charge is 0.285 e. The van der Waals surface area contributed by atoms with Gasteiger partial charge in [0.25, 0.3) is 11.1 Å². The number of fused-ring (bicyclic) bond motifs is 1. The number of carbonyl (C=O) groups is 2. The number of aryl methyl sites for hydroxylation is 2. The van der Waals surface area contributed by atoms with E-state index in [1.807, 2.05) is 32.2 Å². The summed E-state index contributed by atoms with van der Waals surface area (Å²) in [6.07, 6.45) is 2.22. The summed E-state index contributed by atoms with van der Waals surface area (Å²) in [5, 5.41) is 8.17. The van der Waals surface area contributed by atoms with Gasteiger partial charge in [0.2, 0.25) is 0 Å². The average molecular weight is 410 g/mol. The molecular formula is C21H23N5O2S. The van der Waals surface area contributed by atoms with Crippen molar-refractivity contribution < 1.29 is 9.59 Å². The topological polar surface area (TPSA) is 80.1 Å². The molecule has 0 bridgehead atoms. The van der Waals surface area contributed by atoms with Crippen molar-refractivity contribution in [1.29, 1.82) is 0 Å². The summed E-state index contributed by atoms with van der Waals surface area (Å²) < 4.78 is 1.74. The normalized spacial score (nSPS) is 13.5. The highest BCUT2D eigenvalue weighted by Crippen LogP contribution is 2.40. The van der Waals surface area contributed by atoms with Gasteiger partial charge in [-0.1, -0.05) is 0 Å². The largest absolute Gasteiger partial charge is 0.339 e. The van der Waals surface area contributed by atoms with Crippen molar-refractivity contribution in [3.8, 4) is 0 Å². The fourth-order valence-electron chi connectivity index (χ4n) is 3.23. The maximum Gasteiger partial charge on any atom is 0.285 e. The maximum atomic E-state index is 13.1. The minimum Gasteiger partial charge on any atom is -0.339 e. The van der Waals surface area contributed by atoms with Crippen molar-refractivity contribution in [3.63, 3.8) is 0 Å². The minimum absolute atomic E-state index is 0.0411. The van der Waals surface area contributed by atoms with Gasteiger partial charge in [-0.15, -0.1) is 0 Å². The number of carbonyl (C=O) groups excluding carboxylic acids is 2. The first-order valence-corrected chi connectivity index (χ1v) is 10.3. The molecule has 3 aromatic rings. The van der Waals surface area contributed by atoms with Gasteiger partial charge in [0, 0.05) is 43.3 Å². The zero-order chi connectivity index (χ0) is 20.7. The molecule has 1 aliphatic carbocycles. The second kappa shape index (κ2) is 7.51. The Bertz CT molecular complexity index is 1100. The molecule has 1 N–H and O–H groups in total. The molecule has 2 aromatic heterocycles. The van der Waals surface area contributed by atoms with E-state index in [-0.39, 0.29) is 11.1 Å². The number of aromatic nitrogens is 3. The number of amides is 2. The molecule has 7 nitrogen and oxygen atoms in total. The van der Waals surface area contributed by atoms with Crippen LogP contribution >= 0.6 is 11.8 Å². The number of thioether (sulfide) groups is 1. The molecule has 0 aliphatic heterocycles. The van der Waals surface area contributed by atoms with Crippen LogP contribution in [0.15, 0.2) is 35.2 Å². The van der Waals surface area contributed by atoms with Crippen LogP contribution in [0.1, 0.15) is 40.5 Å². The fourth-order valence-corrected chi connectivity index (χ4v) is 3.88. The van der Waals surface area contributed by atoms with E-state index < -0.39 is 0 Å². The summed E-state index contributed by atoms with van der Waals surface area (Å²) in [6, 6.07) is 9.17. The Hall–Kier alpha value is -2.87. The van der Waals surface area contributed by atoms with E-state index in [0.29, 0.717) is 17.2 Å². The van der Waals surface area contributed by atoms with Gasteiger partial charge >= 0.3 is 0 Å². The van der Waals surface area contributed by atoms with Crippen molar-refractivity contribution in [2.24, 2.45) is 7.05 Å². The molecular weight excluding hydrogens is 386 g/mol. The second-order valence-electron chi connectivity index (χ2n) is 7.52. The lowest BCUT2D eigenvalue weighted by Crippen LogP contribution is -2.16. The molecule has 1 aromatic carbocycles. The van der Waals surface area contributed by atoms with Gasteiger partial charge < -0.3 is 10.2 Å². The van der Waals surface area contributed by atoms with Gasteiger partial charge in [0.15, 0.2) is 5.65 Å². The van der Waals surface area contributed by atoms with Gasteiger partial charge in [-0.05, 0) is 61.9 Å². The molecule has 8 heteroatoms.